The van der Waals surface area contributed by atoms with Gasteiger partial charge in [0.05, 0.1) is 25.6 Å². The number of amides is 2. The minimum Gasteiger partial charge on any atom is -0.320 e. The molecule has 1 N–H and O–H groups in total. The van der Waals surface area contributed by atoms with E-state index in [0.717, 1.165) is 0 Å². The number of nitrogens with one attached hydrogen (secondary N) is 1. The summed E-state index contributed by atoms with van der Waals surface area (Å²) in [5, 5.41) is 8.74. The molecule has 1 saturated heterocycles. The number of urea groups is 1. The van der Waals surface area contributed by atoms with E-state index in [-0.39, 0.29) is 18.6 Å². The Hall–Kier alpha value is -1.53. The first-order valence-corrected chi connectivity index (χ1v) is 6.60. The third-order valence-corrected chi connectivity index (χ3v) is 3.29. The number of nitrogens with zero attached hydrogens (tertiary/aromatic N) is 3. The number of hydrogen-bond donors (Lipinski definition) is 1. The second-order valence-corrected chi connectivity index (χ2v) is 5.05. The lowest BCUT2D eigenvalue weighted by atomic mass is 10.1. The first-order valence-electron chi connectivity index (χ1n) is 6.60. The maximum atomic E-state index is 11.9. The number of carbonyl (C=O) groups is 1. The molecular weight excluding hydrogens is 289 g/mol. The molecule has 1 rings (SSSR count). The van der Waals surface area contributed by atoms with Crippen molar-refractivity contribution in [2.75, 3.05) is 26.2 Å². The van der Waals surface area contributed by atoms with E-state index in [2.05, 4.69) is 10.9 Å². The van der Waals surface area contributed by atoms with E-state index >= 15 is 0 Å². The average Bonchev–Trinajstić information content (AvgIpc) is 2.37. The number of carbonyl (C=O) groups excluding carboxylic acids is 1. The molecule has 9 heteroatoms. The van der Waals surface area contributed by atoms with Gasteiger partial charge in [-0.05, 0) is 13.8 Å². The number of alkyl halides is 3. The summed E-state index contributed by atoms with van der Waals surface area (Å²) in [4.78, 5) is 19.8. The van der Waals surface area contributed by atoms with Gasteiger partial charge in [-0.3, -0.25) is 9.74 Å². The second-order valence-electron chi connectivity index (χ2n) is 5.05. The lowest BCUT2D eigenvalue weighted by Crippen LogP contribution is -2.59. The molecular formula is C12H19F3N4O2. The van der Waals surface area contributed by atoms with Gasteiger partial charge in [0.15, 0.2) is 0 Å². The maximum absolute atomic E-state index is 11.9. The Kier molecular flexibility index (Phi) is 6.23. The molecule has 1 aliphatic rings. The quantitative estimate of drug-likeness (QED) is 0.485. The van der Waals surface area contributed by atoms with Crippen molar-refractivity contribution in [1.29, 1.82) is 5.26 Å². The summed E-state index contributed by atoms with van der Waals surface area (Å²) in [5.41, 5.74) is 2.02. The van der Waals surface area contributed by atoms with Crippen molar-refractivity contribution in [2.45, 2.75) is 38.5 Å². The van der Waals surface area contributed by atoms with E-state index in [9.17, 15) is 18.0 Å². The molecule has 1 aliphatic heterocycles. The number of halogens is 3. The zero-order valence-corrected chi connectivity index (χ0v) is 12.0. The van der Waals surface area contributed by atoms with Gasteiger partial charge in [-0.25, -0.2) is 10.3 Å². The van der Waals surface area contributed by atoms with Crippen molar-refractivity contribution in [1.82, 2.24) is 15.3 Å². The van der Waals surface area contributed by atoms with Gasteiger partial charge in [0, 0.05) is 25.2 Å². The van der Waals surface area contributed by atoms with Gasteiger partial charge in [0.25, 0.3) is 0 Å². The van der Waals surface area contributed by atoms with Crippen molar-refractivity contribution >= 4 is 6.03 Å². The van der Waals surface area contributed by atoms with Crippen LogP contribution in [0, 0.1) is 11.3 Å². The monoisotopic (exact) mass is 308 g/mol. The molecule has 0 aromatic rings. The predicted molar refractivity (Wildman–Crippen MR) is 68.0 cm³/mol. The van der Waals surface area contributed by atoms with Crippen LogP contribution in [-0.2, 0) is 4.84 Å². The summed E-state index contributed by atoms with van der Waals surface area (Å²) in [6.07, 6.45) is -5.42. The number of rotatable bonds is 4. The van der Waals surface area contributed by atoms with Crippen LogP contribution in [0.15, 0.2) is 0 Å². The Bertz CT molecular complexity index is 385. The summed E-state index contributed by atoms with van der Waals surface area (Å²) in [6.45, 7) is 4.21. The molecule has 21 heavy (non-hydrogen) atoms. The third-order valence-electron chi connectivity index (χ3n) is 3.29. The van der Waals surface area contributed by atoms with Gasteiger partial charge in [0.2, 0.25) is 0 Å². The van der Waals surface area contributed by atoms with Gasteiger partial charge in [-0.1, -0.05) is 0 Å². The summed E-state index contributed by atoms with van der Waals surface area (Å²) in [5.74, 6) is 0. The largest absolute Gasteiger partial charge is 0.391 e. The molecule has 1 fully saturated rings. The molecule has 0 radical (unpaired) electrons. The fraction of sp³-hybridized carbons (Fsp3) is 0.833. The molecule has 120 valence electrons. The molecule has 0 aromatic heterocycles. The summed E-state index contributed by atoms with van der Waals surface area (Å²) in [7, 11) is 0. The topological polar surface area (TPSA) is 68.6 Å². The molecule has 2 unspecified atom stereocenters. The summed E-state index contributed by atoms with van der Waals surface area (Å²) in [6, 6.07) is 1.50. The van der Waals surface area contributed by atoms with E-state index in [4.69, 9.17) is 5.26 Å². The minimum atomic E-state index is -4.31. The standard InChI is InChI=1S/C12H19F3N4O2/c1-9-7-18(8-10(2)19(9)5-4-16)11(20)17-21-6-3-12(13,14)15/h9-10H,3,5-8H2,1-2H3,(H,17,20). The number of hydrogen-bond acceptors (Lipinski definition) is 4. The van der Waals surface area contributed by atoms with Crippen LogP contribution in [0.5, 0.6) is 0 Å². The number of piperazine rings is 1. The van der Waals surface area contributed by atoms with Crippen molar-refractivity contribution in [3.63, 3.8) is 0 Å². The van der Waals surface area contributed by atoms with Gasteiger partial charge in [-0.15, -0.1) is 0 Å². The molecule has 0 saturated carbocycles. The average molecular weight is 308 g/mol. The second kappa shape index (κ2) is 7.47. The van der Waals surface area contributed by atoms with Crippen molar-refractivity contribution in [3.05, 3.63) is 0 Å². The fourth-order valence-corrected chi connectivity index (χ4v) is 2.26. The normalized spacial score (nSPS) is 23.7. The number of hydroxylamine groups is 1. The molecule has 0 aromatic carbocycles. The first-order chi connectivity index (χ1) is 9.74. The SMILES string of the molecule is CC1CN(C(=O)NOCCC(F)(F)F)CC(C)N1CC#N. The highest BCUT2D eigenvalue weighted by molar-refractivity contribution is 5.73. The van der Waals surface area contributed by atoms with Gasteiger partial charge in [-0.2, -0.15) is 18.4 Å². The van der Waals surface area contributed by atoms with Crippen molar-refractivity contribution < 1.29 is 22.8 Å². The van der Waals surface area contributed by atoms with E-state index < -0.39 is 25.2 Å². The highest BCUT2D eigenvalue weighted by Crippen LogP contribution is 2.19. The summed E-state index contributed by atoms with van der Waals surface area (Å²) < 4.78 is 35.8. The molecule has 0 spiro atoms. The Morgan fingerprint density at radius 2 is 1.95 bits per heavy atom. The maximum Gasteiger partial charge on any atom is 0.391 e. The van der Waals surface area contributed by atoms with Crippen LogP contribution in [0.4, 0.5) is 18.0 Å². The van der Waals surface area contributed by atoms with Gasteiger partial charge in [0.1, 0.15) is 0 Å². The smallest absolute Gasteiger partial charge is 0.320 e. The Morgan fingerprint density at radius 1 is 1.38 bits per heavy atom. The minimum absolute atomic E-state index is 0.00525. The molecule has 2 atom stereocenters. The Labute approximate surface area is 121 Å². The first kappa shape index (κ1) is 17.5. The third kappa shape index (κ3) is 5.77. The molecule has 2 amide bonds. The Morgan fingerprint density at radius 3 is 2.43 bits per heavy atom. The highest BCUT2D eigenvalue weighted by Gasteiger charge is 2.32. The van der Waals surface area contributed by atoms with Crippen LogP contribution in [-0.4, -0.2) is 60.3 Å². The van der Waals surface area contributed by atoms with E-state index in [1.807, 2.05) is 24.2 Å². The van der Waals surface area contributed by atoms with Crippen LogP contribution < -0.4 is 5.48 Å². The van der Waals surface area contributed by atoms with Crippen LogP contribution in [0.2, 0.25) is 0 Å². The van der Waals surface area contributed by atoms with Crippen molar-refractivity contribution in [3.8, 4) is 6.07 Å². The van der Waals surface area contributed by atoms with Gasteiger partial charge < -0.3 is 4.90 Å². The lowest BCUT2D eigenvalue weighted by Gasteiger charge is -2.43. The molecule has 0 aliphatic carbocycles. The fourth-order valence-electron chi connectivity index (χ4n) is 2.26. The number of nitriles is 1. The predicted octanol–water partition coefficient (Wildman–Crippen LogP) is 1.50. The molecule has 6 nitrogen and oxygen atoms in total. The lowest BCUT2D eigenvalue weighted by molar-refractivity contribution is -0.149. The van der Waals surface area contributed by atoms with E-state index in [1.54, 1.807) is 0 Å². The van der Waals surface area contributed by atoms with E-state index in [0.29, 0.717) is 13.1 Å². The highest BCUT2D eigenvalue weighted by atomic mass is 19.4. The van der Waals surface area contributed by atoms with Crippen molar-refractivity contribution in [2.24, 2.45) is 0 Å². The zero-order chi connectivity index (χ0) is 16.0. The van der Waals surface area contributed by atoms with Gasteiger partial charge >= 0.3 is 12.2 Å². The van der Waals surface area contributed by atoms with Crippen LogP contribution in [0.1, 0.15) is 20.3 Å². The van der Waals surface area contributed by atoms with E-state index in [1.165, 1.54) is 4.90 Å². The van der Waals surface area contributed by atoms with Crippen LogP contribution >= 0.6 is 0 Å². The van der Waals surface area contributed by atoms with Crippen LogP contribution in [0.3, 0.4) is 0 Å². The van der Waals surface area contributed by atoms with Crippen LogP contribution in [0.25, 0.3) is 0 Å². The molecule has 0 bridgehead atoms. The molecule has 1 heterocycles. The Balaban J connectivity index is 2.38. The zero-order valence-electron chi connectivity index (χ0n) is 12.0. The summed E-state index contributed by atoms with van der Waals surface area (Å²) >= 11 is 0.